The van der Waals surface area contributed by atoms with E-state index >= 15 is 0 Å². The average Bonchev–Trinajstić information content (AvgIpc) is 3.00. The molecule has 43 heavy (non-hydrogen) atoms. The molecule has 0 radical (unpaired) electrons. The fraction of sp³-hybridized carbons (Fsp3) is 0.343. The first kappa shape index (κ1) is 31.5. The molecule has 1 N–H and O–H groups in total. The van der Waals surface area contributed by atoms with Crippen LogP contribution in [0.3, 0.4) is 0 Å². The zero-order valence-electron chi connectivity index (χ0n) is 25.4. The van der Waals surface area contributed by atoms with Crippen molar-refractivity contribution in [3.63, 3.8) is 0 Å². The summed E-state index contributed by atoms with van der Waals surface area (Å²) in [6, 6.07) is 21.2. The predicted molar refractivity (Wildman–Crippen MR) is 173 cm³/mol. The molecule has 0 aliphatic carbocycles. The number of amides is 1. The van der Waals surface area contributed by atoms with E-state index in [1.165, 1.54) is 5.56 Å². The third kappa shape index (κ3) is 8.54. The lowest BCUT2D eigenvalue weighted by atomic mass is 9.99. The summed E-state index contributed by atoms with van der Waals surface area (Å²) in [5, 5.41) is 3.77. The number of aromatic nitrogens is 2. The summed E-state index contributed by atoms with van der Waals surface area (Å²) in [7, 11) is 3.70. The molecule has 0 aliphatic heterocycles. The van der Waals surface area contributed by atoms with E-state index in [2.05, 4.69) is 47.1 Å². The molecular weight excluding hydrogens is 540 g/mol. The number of fused-ring (bicyclic) bond motifs is 1. The number of nitrogens with zero attached hydrogens (tertiary/aromatic N) is 3. The summed E-state index contributed by atoms with van der Waals surface area (Å²) >= 11 is 0. The molecule has 1 aromatic heterocycles. The Kier molecular flexibility index (Phi) is 11.1. The molecule has 8 nitrogen and oxygen atoms in total. The van der Waals surface area contributed by atoms with Crippen LogP contribution in [0.15, 0.2) is 71.5 Å². The average molecular weight is 581 g/mol. The fourth-order valence-corrected chi connectivity index (χ4v) is 4.89. The molecule has 0 saturated carbocycles. The summed E-state index contributed by atoms with van der Waals surface area (Å²) in [6.45, 7) is 7.01. The van der Waals surface area contributed by atoms with Gasteiger partial charge >= 0.3 is 5.69 Å². The van der Waals surface area contributed by atoms with Crippen molar-refractivity contribution in [2.45, 2.75) is 39.2 Å². The van der Waals surface area contributed by atoms with Gasteiger partial charge in [-0.2, -0.15) is 4.98 Å². The molecule has 0 bridgehead atoms. The second kappa shape index (κ2) is 15.1. The minimum atomic E-state index is -0.361. The van der Waals surface area contributed by atoms with Crippen LogP contribution in [0, 0.1) is 12.3 Å². The molecule has 4 aromatic rings. The van der Waals surface area contributed by atoms with E-state index in [1.54, 1.807) is 11.7 Å². The Balaban J connectivity index is 1.59. The van der Waals surface area contributed by atoms with Gasteiger partial charge in [0, 0.05) is 36.7 Å². The van der Waals surface area contributed by atoms with Gasteiger partial charge in [-0.25, -0.2) is 4.79 Å². The second-order valence-electron chi connectivity index (χ2n) is 10.9. The van der Waals surface area contributed by atoms with Crippen LogP contribution in [0.5, 0.6) is 5.75 Å². The molecule has 0 saturated heterocycles. The van der Waals surface area contributed by atoms with Gasteiger partial charge in [0.15, 0.2) is 0 Å². The van der Waals surface area contributed by atoms with Gasteiger partial charge < -0.3 is 19.7 Å². The van der Waals surface area contributed by atoms with E-state index in [4.69, 9.17) is 15.9 Å². The maximum atomic E-state index is 13.5. The Labute approximate surface area is 253 Å². The van der Waals surface area contributed by atoms with Crippen molar-refractivity contribution >= 4 is 22.5 Å². The Morgan fingerprint density at radius 3 is 2.60 bits per heavy atom. The molecule has 0 atom stereocenters. The minimum Gasteiger partial charge on any atom is -0.481 e. The molecule has 224 valence electrons. The molecule has 0 fully saturated rings. The molecule has 8 heteroatoms. The number of anilines is 1. The quantitative estimate of drug-likeness (QED) is 0.197. The number of methoxy groups -OCH3 is 1. The number of benzene rings is 3. The lowest BCUT2D eigenvalue weighted by molar-refractivity contribution is -0.116. The number of likely N-dealkylation sites (N-methyl/N-ethyl adjacent to an activating group) is 1. The van der Waals surface area contributed by atoms with Gasteiger partial charge in [0.25, 0.3) is 0 Å². The Hall–Kier alpha value is -4.45. The topological polar surface area (TPSA) is 85.7 Å². The summed E-state index contributed by atoms with van der Waals surface area (Å²) in [5.41, 5.74) is 4.56. The summed E-state index contributed by atoms with van der Waals surface area (Å²) in [6.07, 6.45) is 6.57. The molecule has 1 heterocycles. The minimum absolute atomic E-state index is 0.0473. The number of hydrogen-bond donors (Lipinski definition) is 1. The van der Waals surface area contributed by atoms with E-state index < -0.39 is 0 Å². The van der Waals surface area contributed by atoms with Gasteiger partial charge in [0.05, 0.1) is 24.4 Å². The van der Waals surface area contributed by atoms with Crippen molar-refractivity contribution in [1.82, 2.24) is 14.5 Å². The second-order valence-corrected chi connectivity index (χ2v) is 10.9. The Morgan fingerprint density at radius 2 is 1.88 bits per heavy atom. The van der Waals surface area contributed by atoms with Crippen molar-refractivity contribution in [2.24, 2.45) is 0 Å². The molecule has 1 amide bonds. The van der Waals surface area contributed by atoms with Crippen LogP contribution in [0.1, 0.15) is 43.7 Å². The van der Waals surface area contributed by atoms with Gasteiger partial charge in [-0.3, -0.25) is 9.36 Å². The van der Waals surface area contributed by atoms with Crippen LogP contribution in [0.2, 0.25) is 0 Å². The van der Waals surface area contributed by atoms with Crippen LogP contribution in [-0.2, 0) is 16.1 Å². The third-order valence-electron chi connectivity index (χ3n) is 7.30. The standard InChI is InChI=1S/C35H40N4O4/c1-6-20-43-30-16-17-32-31(23-30)34(28-14-12-27(13-15-28)25(2)3)37-35(41)39(32)24-26-9-7-10-29(22-26)36-33(40)11-8-18-38(4)19-21-42-5/h1,7,9-10,12-17,22-23,25H,8,11,18-21,24H2,2-5H3,(H,36,40). The number of hydrogen-bond acceptors (Lipinski definition) is 6. The highest BCUT2D eigenvalue weighted by Crippen LogP contribution is 2.30. The van der Waals surface area contributed by atoms with E-state index in [0.29, 0.717) is 36.1 Å². The maximum Gasteiger partial charge on any atom is 0.348 e. The van der Waals surface area contributed by atoms with Crippen LogP contribution < -0.4 is 15.7 Å². The number of carbonyl (C=O) groups excluding carboxylic acids is 1. The monoisotopic (exact) mass is 580 g/mol. The van der Waals surface area contributed by atoms with E-state index in [-0.39, 0.29) is 24.7 Å². The van der Waals surface area contributed by atoms with Gasteiger partial charge in [-0.05, 0) is 67.4 Å². The van der Waals surface area contributed by atoms with E-state index in [9.17, 15) is 9.59 Å². The lowest BCUT2D eigenvalue weighted by Crippen LogP contribution is -2.25. The Morgan fingerprint density at radius 1 is 1.09 bits per heavy atom. The van der Waals surface area contributed by atoms with Crippen molar-refractivity contribution in [3.05, 3.63) is 88.3 Å². The number of nitrogens with one attached hydrogen (secondary N) is 1. The van der Waals surface area contributed by atoms with Crippen molar-refractivity contribution in [2.75, 3.05) is 45.8 Å². The zero-order valence-corrected chi connectivity index (χ0v) is 25.4. The highest BCUT2D eigenvalue weighted by molar-refractivity contribution is 5.93. The summed E-state index contributed by atoms with van der Waals surface area (Å²) in [4.78, 5) is 32.8. The normalized spacial score (nSPS) is 11.2. The number of ether oxygens (including phenoxy) is 2. The summed E-state index contributed by atoms with van der Waals surface area (Å²) in [5.74, 6) is 3.44. The van der Waals surface area contributed by atoms with Crippen molar-refractivity contribution in [3.8, 4) is 29.4 Å². The predicted octanol–water partition coefficient (Wildman–Crippen LogP) is 5.54. The molecule has 0 aliphatic rings. The van der Waals surface area contributed by atoms with Crippen molar-refractivity contribution < 1.29 is 14.3 Å². The number of carbonyl (C=O) groups is 1. The largest absolute Gasteiger partial charge is 0.481 e. The van der Waals surface area contributed by atoms with Gasteiger partial charge in [-0.1, -0.05) is 56.2 Å². The smallest absolute Gasteiger partial charge is 0.348 e. The SMILES string of the molecule is C#CCOc1ccc2c(c1)c(-c1ccc(C(C)C)cc1)nc(=O)n2Cc1cccc(NC(=O)CCCN(C)CCOC)c1. The molecule has 3 aromatic carbocycles. The maximum absolute atomic E-state index is 13.5. The molecule has 0 spiro atoms. The molecule has 0 unspecified atom stereocenters. The van der Waals surface area contributed by atoms with Crippen LogP contribution in [0.25, 0.3) is 22.2 Å². The highest BCUT2D eigenvalue weighted by atomic mass is 16.5. The molecule has 4 rings (SSSR count). The third-order valence-corrected chi connectivity index (χ3v) is 7.30. The lowest BCUT2D eigenvalue weighted by Gasteiger charge is -2.16. The zero-order chi connectivity index (χ0) is 30.8. The highest BCUT2D eigenvalue weighted by Gasteiger charge is 2.15. The van der Waals surface area contributed by atoms with Crippen LogP contribution in [-0.4, -0.2) is 60.8 Å². The van der Waals surface area contributed by atoms with Crippen molar-refractivity contribution in [1.29, 1.82) is 0 Å². The molecular formula is C35H40N4O4. The van der Waals surface area contributed by atoms with E-state index in [0.717, 1.165) is 41.5 Å². The Bertz CT molecular complexity index is 1640. The van der Waals surface area contributed by atoms with Gasteiger partial charge in [0.2, 0.25) is 5.91 Å². The van der Waals surface area contributed by atoms with Crippen LogP contribution in [0.4, 0.5) is 5.69 Å². The first-order valence-electron chi connectivity index (χ1n) is 14.6. The number of terminal acetylenes is 1. The fourth-order valence-electron chi connectivity index (χ4n) is 4.89. The van der Waals surface area contributed by atoms with Gasteiger partial charge in [0.1, 0.15) is 12.4 Å². The number of rotatable bonds is 14. The van der Waals surface area contributed by atoms with E-state index in [1.807, 2.05) is 61.6 Å². The summed E-state index contributed by atoms with van der Waals surface area (Å²) < 4.78 is 12.4. The van der Waals surface area contributed by atoms with Gasteiger partial charge in [-0.15, -0.1) is 6.42 Å². The first-order chi connectivity index (χ1) is 20.8. The van der Waals surface area contributed by atoms with Crippen LogP contribution >= 0.6 is 0 Å². The first-order valence-corrected chi connectivity index (χ1v) is 14.6.